The van der Waals surface area contributed by atoms with Crippen LogP contribution >= 0.6 is 11.3 Å². The van der Waals surface area contributed by atoms with Gasteiger partial charge in [-0.1, -0.05) is 0 Å². The number of carbonyl (C=O) groups excluding carboxylic acids is 1. The summed E-state index contributed by atoms with van der Waals surface area (Å²) in [6.07, 6.45) is 0. The third-order valence-electron chi connectivity index (χ3n) is 1.20. The predicted octanol–water partition coefficient (Wildman–Crippen LogP) is 1.81. The van der Waals surface area contributed by atoms with E-state index in [1.54, 1.807) is 18.4 Å². The smallest absolute Gasteiger partial charge is 0.319 e. The largest absolute Gasteiger partial charge is 0.341 e. The van der Waals surface area contributed by atoms with E-state index in [-0.39, 0.29) is 6.03 Å². The van der Waals surface area contributed by atoms with Gasteiger partial charge in [-0.15, -0.1) is 11.3 Å². The molecule has 0 aromatic carbocycles. The molecule has 1 aromatic rings. The molecule has 0 bridgehead atoms. The fourth-order valence-corrected chi connectivity index (χ4v) is 1.44. The van der Waals surface area contributed by atoms with Gasteiger partial charge in [0.1, 0.15) is 0 Å². The third kappa shape index (κ3) is 2.23. The Bertz CT molecular complexity index is 257. The number of anilines is 1. The van der Waals surface area contributed by atoms with E-state index in [4.69, 9.17) is 0 Å². The monoisotopic (exact) mass is 170 g/mol. The van der Waals surface area contributed by atoms with E-state index in [1.807, 2.05) is 19.1 Å². The molecular formula is C7H10N2OS. The number of nitrogens with one attached hydrogen (secondary N) is 2. The van der Waals surface area contributed by atoms with Crippen LogP contribution in [0.5, 0.6) is 0 Å². The molecule has 1 aromatic heterocycles. The number of aryl methyl sites for hydroxylation is 1. The van der Waals surface area contributed by atoms with Crippen LogP contribution < -0.4 is 10.6 Å². The highest BCUT2D eigenvalue weighted by atomic mass is 32.1. The van der Waals surface area contributed by atoms with Gasteiger partial charge >= 0.3 is 6.03 Å². The van der Waals surface area contributed by atoms with Crippen LogP contribution in [-0.4, -0.2) is 13.1 Å². The number of rotatable bonds is 1. The van der Waals surface area contributed by atoms with Gasteiger partial charge in [-0.3, -0.25) is 5.32 Å². The van der Waals surface area contributed by atoms with Crippen LogP contribution in [0.4, 0.5) is 9.80 Å². The van der Waals surface area contributed by atoms with Crippen molar-refractivity contribution < 1.29 is 4.79 Å². The molecule has 2 amide bonds. The molecule has 11 heavy (non-hydrogen) atoms. The highest BCUT2D eigenvalue weighted by molar-refractivity contribution is 7.16. The van der Waals surface area contributed by atoms with E-state index in [0.717, 1.165) is 5.00 Å². The molecule has 0 unspecified atom stereocenters. The van der Waals surface area contributed by atoms with E-state index in [2.05, 4.69) is 10.6 Å². The van der Waals surface area contributed by atoms with Crippen molar-refractivity contribution in [1.82, 2.24) is 5.32 Å². The number of amides is 2. The van der Waals surface area contributed by atoms with Crippen molar-refractivity contribution in [3.63, 3.8) is 0 Å². The predicted molar refractivity (Wildman–Crippen MR) is 47.1 cm³/mol. The zero-order valence-electron chi connectivity index (χ0n) is 6.47. The van der Waals surface area contributed by atoms with Gasteiger partial charge in [-0.25, -0.2) is 4.79 Å². The average Bonchev–Trinajstić information content (AvgIpc) is 2.35. The fourth-order valence-electron chi connectivity index (χ4n) is 0.676. The molecule has 0 spiro atoms. The standard InChI is InChI=1S/C7H10N2OS/c1-5-3-4-6(11-5)9-7(10)8-2/h3-4H,1-2H3,(H2,8,9,10). The maximum Gasteiger partial charge on any atom is 0.319 e. The zero-order chi connectivity index (χ0) is 8.27. The van der Waals surface area contributed by atoms with Gasteiger partial charge in [-0.2, -0.15) is 0 Å². The second-order valence-corrected chi connectivity index (χ2v) is 3.40. The van der Waals surface area contributed by atoms with Crippen molar-refractivity contribution >= 4 is 22.4 Å². The number of thiophene rings is 1. The van der Waals surface area contributed by atoms with Gasteiger partial charge in [0.2, 0.25) is 0 Å². The van der Waals surface area contributed by atoms with Crippen LogP contribution in [-0.2, 0) is 0 Å². The van der Waals surface area contributed by atoms with Crippen LogP contribution in [0.25, 0.3) is 0 Å². The minimum Gasteiger partial charge on any atom is -0.341 e. The Morgan fingerprint density at radius 3 is 2.73 bits per heavy atom. The summed E-state index contributed by atoms with van der Waals surface area (Å²) in [6.45, 7) is 2.00. The normalized spacial score (nSPS) is 9.27. The SMILES string of the molecule is CNC(=O)Nc1ccc(C)s1. The summed E-state index contributed by atoms with van der Waals surface area (Å²) < 4.78 is 0. The van der Waals surface area contributed by atoms with Crippen LogP contribution in [0, 0.1) is 6.92 Å². The Balaban J connectivity index is 2.57. The fraction of sp³-hybridized carbons (Fsp3) is 0.286. The maximum atomic E-state index is 10.8. The van der Waals surface area contributed by atoms with E-state index in [1.165, 1.54) is 4.88 Å². The quantitative estimate of drug-likeness (QED) is 0.663. The Morgan fingerprint density at radius 1 is 1.55 bits per heavy atom. The highest BCUT2D eigenvalue weighted by Gasteiger charge is 1.99. The molecule has 0 saturated heterocycles. The lowest BCUT2D eigenvalue weighted by Gasteiger charge is -1.98. The number of hydrogen-bond acceptors (Lipinski definition) is 2. The van der Waals surface area contributed by atoms with Gasteiger partial charge in [0.25, 0.3) is 0 Å². The molecule has 60 valence electrons. The molecule has 3 nitrogen and oxygen atoms in total. The minimum atomic E-state index is -0.174. The molecular weight excluding hydrogens is 160 g/mol. The van der Waals surface area contributed by atoms with Crippen LogP contribution in [0.15, 0.2) is 12.1 Å². The van der Waals surface area contributed by atoms with E-state index >= 15 is 0 Å². The molecule has 2 N–H and O–H groups in total. The van der Waals surface area contributed by atoms with E-state index < -0.39 is 0 Å². The molecule has 0 aliphatic carbocycles. The topological polar surface area (TPSA) is 41.1 Å². The molecule has 0 saturated carbocycles. The lowest BCUT2D eigenvalue weighted by molar-refractivity contribution is 0.254. The molecule has 0 aliphatic rings. The molecule has 0 aliphatic heterocycles. The van der Waals surface area contributed by atoms with Crippen molar-refractivity contribution in [2.24, 2.45) is 0 Å². The highest BCUT2D eigenvalue weighted by Crippen LogP contribution is 2.19. The lowest BCUT2D eigenvalue weighted by atomic mass is 10.5. The summed E-state index contributed by atoms with van der Waals surface area (Å²) in [4.78, 5) is 12.0. The Kier molecular flexibility index (Phi) is 2.48. The van der Waals surface area contributed by atoms with Gasteiger partial charge in [0.15, 0.2) is 0 Å². The van der Waals surface area contributed by atoms with Crippen LogP contribution in [0.3, 0.4) is 0 Å². The van der Waals surface area contributed by atoms with E-state index in [9.17, 15) is 4.79 Å². The van der Waals surface area contributed by atoms with Gasteiger partial charge in [-0.05, 0) is 19.1 Å². The first-order valence-corrected chi connectivity index (χ1v) is 4.09. The van der Waals surface area contributed by atoms with Gasteiger partial charge in [0.05, 0.1) is 5.00 Å². The van der Waals surface area contributed by atoms with Crippen molar-refractivity contribution in [1.29, 1.82) is 0 Å². The molecule has 1 rings (SSSR count). The molecule has 0 radical (unpaired) electrons. The Labute approximate surface area is 69.4 Å². The van der Waals surface area contributed by atoms with Crippen LogP contribution in [0.1, 0.15) is 4.88 Å². The summed E-state index contributed by atoms with van der Waals surface area (Å²) in [5.41, 5.74) is 0. The summed E-state index contributed by atoms with van der Waals surface area (Å²) in [5.74, 6) is 0. The van der Waals surface area contributed by atoms with Crippen molar-refractivity contribution in [3.05, 3.63) is 17.0 Å². The van der Waals surface area contributed by atoms with E-state index in [0.29, 0.717) is 0 Å². The summed E-state index contributed by atoms with van der Waals surface area (Å²) in [5, 5.41) is 6.04. The third-order valence-corrected chi connectivity index (χ3v) is 2.12. The number of carbonyl (C=O) groups is 1. The molecule has 4 heteroatoms. The minimum absolute atomic E-state index is 0.174. The second-order valence-electron chi connectivity index (χ2n) is 2.11. The first-order chi connectivity index (χ1) is 5.22. The molecule has 0 atom stereocenters. The number of hydrogen-bond donors (Lipinski definition) is 2. The van der Waals surface area contributed by atoms with Gasteiger partial charge < -0.3 is 5.32 Å². The van der Waals surface area contributed by atoms with Crippen molar-refractivity contribution in [2.45, 2.75) is 6.92 Å². The first-order valence-electron chi connectivity index (χ1n) is 3.27. The number of urea groups is 1. The molecule has 1 heterocycles. The molecule has 0 fully saturated rings. The first kappa shape index (κ1) is 8.07. The van der Waals surface area contributed by atoms with Crippen molar-refractivity contribution in [3.8, 4) is 0 Å². The zero-order valence-corrected chi connectivity index (χ0v) is 7.29. The Morgan fingerprint density at radius 2 is 2.27 bits per heavy atom. The second kappa shape index (κ2) is 3.39. The summed E-state index contributed by atoms with van der Waals surface area (Å²) in [6, 6.07) is 3.68. The Hall–Kier alpha value is -1.03. The van der Waals surface area contributed by atoms with Crippen molar-refractivity contribution in [2.75, 3.05) is 12.4 Å². The lowest BCUT2D eigenvalue weighted by Crippen LogP contribution is -2.23. The maximum absolute atomic E-state index is 10.8. The summed E-state index contributed by atoms with van der Waals surface area (Å²) >= 11 is 1.56. The average molecular weight is 170 g/mol. The van der Waals surface area contributed by atoms with Gasteiger partial charge in [0, 0.05) is 11.9 Å². The summed E-state index contributed by atoms with van der Waals surface area (Å²) in [7, 11) is 1.59. The van der Waals surface area contributed by atoms with Crippen LogP contribution in [0.2, 0.25) is 0 Å².